The van der Waals surface area contributed by atoms with Gasteiger partial charge in [0.05, 0.1) is 6.61 Å². The van der Waals surface area contributed by atoms with Crippen molar-refractivity contribution >= 4 is 0 Å². The van der Waals surface area contributed by atoms with Crippen molar-refractivity contribution in [1.82, 2.24) is 0 Å². The highest BCUT2D eigenvalue weighted by molar-refractivity contribution is 5.28. The molecule has 72 valence electrons. The molecular formula is C12H18O. The van der Waals surface area contributed by atoms with Crippen molar-refractivity contribution in [2.24, 2.45) is 5.92 Å². The number of hydrogen-bond acceptors (Lipinski definition) is 1. The van der Waals surface area contributed by atoms with Gasteiger partial charge in [0.1, 0.15) is 5.76 Å². The molecule has 1 nitrogen and oxygen atoms in total. The highest BCUT2D eigenvalue weighted by Gasteiger charge is 2.12. The Bertz CT molecular complexity index is 236. The minimum absolute atomic E-state index is 0.586. The molecule has 0 spiro atoms. The molecule has 0 heterocycles. The molecule has 1 rings (SSSR count). The molecule has 0 saturated carbocycles. The minimum Gasteiger partial charge on any atom is -0.494 e. The zero-order valence-electron chi connectivity index (χ0n) is 8.55. The molecule has 0 aromatic rings. The molecule has 13 heavy (non-hydrogen) atoms. The second kappa shape index (κ2) is 4.90. The van der Waals surface area contributed by atoms with Gasteiger partial charge in [0.2, 0.25) is 0 Å². The van der Waals surface area contributed by atoms with E-state index in [9.17, 15) is 0 Å². The molecule has 1 heteroatoms. The molecule has 0 bridgehead atoms. The van der Waals surface area contributed by atoms with Gasteiger partial charge in [-0.2, -0.15) is 0 Å². The van der Waals surface area contributed by atoms with Gasteiger partial charge in [0.15, 0.2) is 0 Å². The summed E-state index contributed by atoms with van der Waals surface area (Å²) in [6.45, 7) is 8.62. The zero-order valence-corrected chi connectivity index (χ0v) is 8.55. The highest BCUT2D eigenvalue weighted by atomic mass is 16.5. The van der Waals surface area contributed by atoms with Crippen LogP contribution in [-0.4, -0.2) is 6.61 Å². The van der Waals surface area contributed by atoms with Crippen molar-refractivity contribution < 1.29 is 4.74 Å². The fraction of sp³-hybridized carbons (Fsp3) is 0.500. The molecule has 0 aromatic carbocycles. The zero-order chi connectivity index (χ0) is 9.68. The third kappa shape index (κ3) is 2.76. The van der Waals surface area contributed by atoms with Gasteiger partial charge in [-0.05, 0) is 44.3 Å². The third-order valence-corrected chi connectivity index (χ3v) is 2.27. The van der Waals surface area contributed by atoms with E-state index in [1.165, 1.54) is 5.57 Å². The second-order valence-electron chi connectivity index (χ2n) is 3.37. The molecule has 1 aliphatic rings. The fourth-order valence-corrected chi connectivity index (χ4v) is 1.54. The lowest BCUT2D eigenvalue weighted by Gasteiger charge is -2.18. The van der Waals surface area contributed by atoms with Crippen LogP contribution in [0.5, 0.6) is 0 Å². The van der Waals surface area contributed by atoms with E-state index in [-0.39, 0.29) is 0 Å². The summed E-state index contributed by atoms with van der Waals surface area (Å²) >= 11 is 0. The van der Waals surface area contributed by atoms with Gasteiger partial charge < -0.3 is 4.74 Å². The Morgan fingerprint density at radius 1 is 1.69 bits per heavy atom. The Hall–Kier alpha value is -0.980. The maximum atomic E-state index is 5.53. The number of hydrogen-bond donors (Lipinski definition) is 0. The normalized spacial score (nSPS) is 21.8. The van der Waals surface area contributed by atoms with Gasteiger partial charge in [-0.3, -0.25) is 0 Å². The van der Waals surface area contributed by atoms with Gasteiger partial charge in [-0.25, -0.2) is 0 Å². The van der Waals surface area contributed by atoms with Crippen molar-refractivity contribution in [2.45, 2.75) is 26.7 Å². The van der Waals surface area contributed by atoms with E-state index in [1.807, 2.05) is 13.0 Å². The van der Waals surface area contributed by atoms with E-state index in [2.05, 4.69) is 25.7 Å². The number of allylic oxidation sites excluding steroid dienone is 4. The van der Waals surface area contributed by atoms with Gasteiger partial charge in [0, 0.05) is 0 Å². The van der Waals surface area contributed by atoms with Crippen LogP contribution in [0.1, 0.15) is 26.7 Å². The van der Waals surface area contributed by atoms with Crippen LogP contribution in [0.3, 0.4) is 0 Å². The van der Waals surface area contributed by atoms with Crippen LogP contribution in [0.4, 0.5) is 0 Å². The molecule has 0 radical (unpaired) electrons. The summed E-state index contributed by atoms with van der Waals surface area (Å²) in [6.07, 6.45) is 8.60. The molecule has 0 amide bonds. The Labute approximate surface area is 80.8 Å². The minimum atomic E-state index is 0.586. The molecule has 0 aromatic heterocycles. The first-order chi connectivity index (χ1) is 6.27. The molecule has 0 fully saturated rings. The van der Waals surface area contributed by atoms with Crippen molar-refractivity contribution in [3.05, 3.63) is 36.1 Å². The molecule has 0 N–H and O–H groups in total. The van der Waals surface area contributed by atoms with Crippen LogP contribution >= 0.6 is 0 Å². The van der Waals surface area contributed by atoms with Crippen LogP contribution in [-0.2, 0) is 4.74 Å². The SMILES string of the molecule is C=CCC1C=C(OCC)C(C)=CC1. The Morgan fingerprint density at radius 2 is 2.46 bits per heavy atom. The van der Waals surface area contributed by atoms with Crippen LogP contribution in [0.2, 0.25) is 0 Å². The Morgan fingerprint density at radius 3 is 3.08 bits per heavy atom. The van der Waals surface area contributed by atoms with E-state index in [0.29, 0.717) is 5.92 Å². The van der Waals surface area contributed by atoms with E-state index in [0.717, 1.165) is 25.2 Å². The Balaban J connectivity index is 2.63. The lowest BCUT2D eigenvalue weighted by molar-refractivity contribution is 0.232. The van der Waals surface area contributed by atoms with E-state index in [1.54, 1.807) is 0 Å². The van der Waals surface area contributed by atoms with Gasteiger partial charge in [0.25, 0.3) is 0 Å². The predicted molar refractivity (Wildman–Crippen MR) is 56.4 cm³/mol. The highest BCUT2D eigenvalue weighted by Crippen LogP contribution is 2.25. The average molecular weight is 178 g/mol. The van der Waals surface area contributed by atoms with E-state index in [4.69, 9.17) is 4.74 Å². The lowest BCUT2D eigenvalue weighted by Crippen LogP contribution is -2.05. The maximum Gasteiger partial charge on any atom is 0.118 e. The Kier molecular flexibility index (Phi) is 3.81. The third-order valence-electron chi connectivity index (χ3n) is 2.27. The van der Waals surface area contributed by atoms with E-state index < -0.39 is 0 Å². The average Bonchev–Trinajstić information content (AvgIpc) is 2.12. The van der Waals surface area contributed by atoms with E-state index >= 15 is 0 Å². The first-order valence-corrected chi connectivity index (χ1v) is 4.90. The van der Waals surface area contributed by atoms with Crippen molar-refractivity contribution in [1.29, 1.82) is 0 Å². The largest absolute Gasteiger partial charge is 0.494 e. The molecule has 1 aliphatic carbocycles. The summed E-state index contributed by atoms with van der Waals surface area (Å²) < 4.78 is 5.53. The summed E-state index contributed by atoms with van der Waals surface area (Å²) in [5.41, 5.74) is 1.27. The van der Waals surface area contributed by atoms with Crippen LogP contribution in [0.15, 0.2) is 36.1 Å². The molecule has 1 unspecified atom stereocenters. The van der Waals surface area contributed by atoms with Crippen molar-refractivity contribution in [3.63, 3.8) is 0 Å². The maximum absolute atomic E-state index is 5.53. The molecule has 0 saturated heterocycles. The summed E-state index contributed by atoms with van der Waals surface area (Å²) in [6, 6.07) is 0. The fourth-order valence-electron chi connectivity index (χ4n) is 1.54. The van der Waals surface area contributed by atoms with Gasteiger partial charge >= 0.3 is 0 Å². The standard InChI is InChI=1S/C12H18O/c1-4-6-11-8-7-10(3)12(9-11)13-5-2/h4,7,9,11H,1,5-6,8H2,2-3H3. The summed E-state index contributed by atoms with van der Waals surface area (Å²) in [5, 5.41) is 0. The number of ether oxygens (including phenoxy) is 1. The summed E-state index contributed by atoms with van der Waals surface area (Å²) in [7, 11) is 0. The first-order valence-electron chi connectivity index (χ1n) is 4.90. The lowest BCUT2D eigenvalue weighted by atomic mass is 9.93. The second-order valence-corrected chi connectivity index (χ2v) is 3.37. The number of rotatable bonds is 4. The molecule has 1 atom stereocenters. The van der Waals surface area contributed by atoms with Crippen LogP contribution in [0, 0.1) is 5.92 Å². The van der Waals surface area contributed by atoms with Gasteiger partial charge in [-0.1, -0.05) is 12.2 Å². The molecular weight excluding hydrogens is 160 g/mol. The predicted octanol–water partition coefficient (Wildman–Crippen LogP) is 3.45. The summed E-state index contributed by atoms with van der Waals surface area (Å²) in [5.74, 6) is 1.64. The smallest absolute Gasteiger partial charge is 0.118 e. The van der Waals surface area contributed by atoms with Crippen LogP contribution < -0.4 is 0 Å². The molecule has 0 aliphatic heterocycles. The quantitative estimate of drug-likeness (QED) is 0.599. The van der Waals surface area contributed by atoms with Crippen LogP contribution in [0.25, 0.3) is 0 Å². The van der Waals surface area contributed by atoms with Gasteiger partial charge in [-0.15, -0.1) is 6.58 Å². The topological polar surface area (TPSA) is 9.23 Å². The monoisotopic (exact) mass is 178 g/mol. The van der Waals surface area contributed by atoms with Crippen molar-refractivity contribution in [3.8, 4) is 0 Å². The van der Waals surface area contributed by atoms with Crippen molar-refractivity contribution in [2.75, 3.05) is 6.61 Å². The first kappa shape index (κ1) is 10.1. The summed E-state index contributed by atoms with van der Waals surface area (Å²) in [4.78, 5) is 0.